The number of ether oxygens (including phenoxy) is 1. The molecule has 0 aromatic heterocycles. The van der Waals surface area contributed by atoms with Crippen molar-refractivity contribution in [3.63, 3.8) is 0 Å². The molecule has 1 aliphatic carbocycles. The molecule has 0 radical (unpaired) electrons. The van der Waals surface area contributed by atoms with Gasteiger partial charge >= 0.3 is 0 Å². The van der Waals surface area contributed by atoms with Crippen LogP contribution in [0.4, 0.5) is 0 Å². The topological polar surface area (TPSA) is 46.5 Å². The Balaban J connectivity index is 3.05. The minimum Gasteiger partial charge on any atom is -0.504 e. The third-order valence-electron chi connectivity index (χ3n) is 1.78. The summed E-state index contributed by atoms with van der Waals surface area (Å²) in [6.45, 7) is 1.88. The lowest BCUT2D eigenvalue weighted by atomic mass is 10.0. The first kappa shape index (κ1) is 10.3. The van der Waals surface area contributed by atoms with Gasteiger partial charge in [0.15, 0.2) is 5.76 Å². The fourth-order valence-electron chi connectivity index (χ4n) is 1.07. The largest absolute Gasteiger partial charge is 0.504 e. The lowest BCUT2D eigenvalue weighted by molar-refractivity contribution is -0.113. The number of rotatable bonds is 2. The van der Waals surface area contributed by atoms with Gasteiger partial charge in [0.05, 0.1) is 7.11 Å². The van der Waals surface area contributed by atoms with Gasteiger partial charge in [-0.2, -0.15) is 0 Å². The molecule has 0 bridgehead atoms. The number of hydrogen-bond acceptors (Lipinski definition) is 3. The van der Waals surface area contributed by atoms with Crippen molar-refractivity contribution in [3.8, 4) is 0 Å². The Hall–Kier alpha value is -1.77. The number of aliphatic hydroxyl groups excluding tert-OH is 1. The lowest BCUT2D eigenvalue weighted by Gasteiger charge is -2.11. The molecule has 74 valence electrons. The van der Waals surface area contributed by atoms with E-state index in [1.807, 2.05) is 19.1 Å². The smallest absolute Gasteiger partial charge is 0.223 e. The van der Waals surface area contributed by atoms with E-state index in [0.29, 0.717) is 11.3 Å². The van der Waals surface area contributed by atoms with E-state index in [0.717, 1.165) is 0 Å². The summed E-state index contributed by atoms with van der Waals surface area (Å²) in [5.41, 5.74) is 0.683. The molecule has 0 aliphatic heterocycles. The molecule has 0 saturated heterocycles. The van der Waals surface area contributed by atoms with E-state index in [4.69, 9.17) is 4.74 Å². The SMILES string of the molecule is C/C=C/C=C1/C=C(O)C(=O)C=C1OC. The maximum Gasteiger partial charge on any atom is 0.223 e. The van der Waals surface area contributed by atoms with Gasteiger partial charge in [-0.3, -0.25) is 4.79 Å². The van der Waals surface area contributed by atoms with E-state index < -0.39 is 5.78 Å². The first-order chi connectivity index (χ1) is 6.69. The molecular formula is C11H12O3. The quantitative estimate of drug-likeness (QED) is 0.728. The fraction of sp³-hybridized carbons (Fsp3) is 0.182. The molecule has 0 aromatic rings. The standard InChI is InChI=1S/C11H12O3/c1-3-4-5-8-6-9(12)10(13)7-11(8)14-2/h3-7,12H,1-2H3/b4-3+,8-5-. The van der Waals surface area contributed by atoms with Gasteiger partial charge in [-0.1, -0.05) is 18.2 Å². The summed E-state index contributed by atoms with van der Waals surface area (Å²) in [6.07, 6.45) is 8.08. The van der Waals surface area contributed by atoms with Crippen LogP contribution in [-0.2, 0) is 9.53 Å². The minimum absolute atomic E-state index is 0.262. The zero-order valence-electron chi connectivity index (χ0n) is 8.15. The summed E-state index contributed by atoms with van der Waals surface area (Å²) < 4.78 is 5.00. The first-order valence-corrected chi connectivity index (χ1v) is 4.23. The molecule has 0 atom stereocenters. The van der Waals surface area contributed by atoms with Crippen molar-refractivity contribution in [1.29, 1.82) is 0 Å². The second kappa shape index (κ2) is 4.46. The summed E-state index contributed by atoms with van der Waals surface area (Å²) in [5.74, 6) is -0.230. The van der Waals surface area contributed by atoms with Gasteiger partial charge in [-0.25, -0.2) is 0 Å². The van der Waals surface area contributed by atoms with Crippen LogP contribution in [0.2, 0.25) is 0 Å². The van der Waals surface area contributed by atoms with Gasteiger partial charge in [0.25, 0.3) is 0 Å². The molecule has 1 N–H and O–H groups in total. The number of carbonyl (C=O) groups excluding carboxylic acids is 1. The van der Waals surface area contributed by atoms with Crippen molar-refractivity contribution in [3.05, 3.63) is 47.5 Å². The van der Waals surface area contributed by atoms with Crippen LogP contribution >= 0.6 is 0 Å². The molecule has 0 amide bonds. The molecule has 0 saturated carbocycles. The Bertz CT molecular complexity index is 357. The summed E-state index contributed by atoms with van der Waals surface area (Å²) in [6, 6.07) is 0. The maximum absolute atomic E-state index is 11.1. The molecule has 0 spiro atoms. The maximum atomic E-state index is 11.1. The minimum atomic E-state index is -0.431. The summed E-state index contributed by atoms with van der Waals surface area (Å²) in [5, 5.41) is 9.21. The highest BCUT2D eigenvalue weighted by molar-refractivity contribution is 6.04. The Morgan fingerprint density at radius 1 is 1.43 bits per heavy atom. The van der Waals surface area contributed by atoms with Gasteiger partial charge in [0, 0.05) is 11.6 Å². The van der Waals surface area contributed by atoms with Crippen molar-refractivity contribution in [2.24, 2.45) is 0 Å². The molecule has 0 fully saturated rings. The number of aliphatic hydroxyl groups is 1. The van der Waals surface area contributed by atoms with Crippen LogP contribution in [0.15, 0.2) is 47.5 Å². The second-order valence-corrected chi connectivity index (χ2v) is 2.75. The normalized spacial score (nSPS) is 19.9. The predicted octanol–water partition coefficient (Wildman–Crippen LogP) is 2.04. The van der Waals surface area contributed by atoms with Crippen LogP contribution in [0.1, 0.15) is 6.92 Å². The second-order valence-electron chi connectivity index (χ2n) is 2.75. The van der Waals surface area contributed by atoms with Crippen LogP contribution in [0.5, 0.6) is 0 Å². The van der Waals surface area contributed by atoms with Gasteiger partial charge in [0.1, 0.15) is 5.76 Å². The Morgan fingerprint density at radius 3 is 2.71 bits per heavy atom. The van der Waals surface area contributed by atoms with Crippen LogP contribution < -0.4 is 0 Å². The molecule has 3 nitrogen and oxygen atoms in total. The Kier molecular flexibility index (Phi) is 3.29. The number of methoxy groups -OCH3 is 1. The highest BCUT2D eigenvalue weighted by atomic mass is 16.5. The highest BCUT2D eigenvalue weighted by Gasteiger charge is 2.16. The molecule has 0 heterocycles. The number of carbonyl (C=O) groups is 1. The van der Waals surface area contributed by atoms with Gasteiger partial charge in [0.2, 0.25) is 5.78 Å². The van der Waals surface area contributed by atoms with Crippen molar-refractivity contribution in [1.82, 2.24) is 0 Å². The number of allylic oxidation sites excluding steroid dienone is 5. The van der Waals surface area contributed by atoms with Crippen molar-refractivity contribution in [2.75, 3.05) is 7.11 Å². The van der Waals surface area contributed by atoms with E-state index in [1.165, 1.54) is 19.3 Å². The first-order valence-electron chi connectivity index (χ1n) is 4.23. The van der Waals surface area contributed by atoms with Crippen molar-refractivity contribution in [2.45, 2.75) is 6.92 Å². The summed E-state index contributed by atoms with van der Waals surface area (Å²) in [4.78, 5) is 11.1. The van der Waals surface area contributed by atoms with E-state index in [2.05, 4.69) is 0 Å². The zero-order valence-corrected chi connectivity index (χ0v) is 8.15. The van der Waals surface area contributed by atoms with Crippen LogP contribution in [0, 0.1) is 0 Å². The number of ketones is 1. The van der Waals surface area contributed by atoms with E-state index >= 15 is 0 Å². The van der Waals surface area contributed by atoms with E-state index in [9.17, 15) is 9.90 Å². The summed E-state index contributed by atoms with van der Waals surface area (Å²) >= 11 is 0. The molecule has 0 unspecified atom stereocenters. The zero-order chi connectivity index (χ0) is 10.6. The molecule has 1 rings (SSSR count). The summed E-state index contributed by atoms with van der Waals surface area (Å²) in [7, 11) is 1.48. The molecule has 3 heteroatoms. The average molecular weight is 192 g/mol. The van der Waals surface area contributed by atoms with Gasteiger partial charge in [-0.15, -0.1) is 0 Å². The van der Waals surface area contributed by atoms with Crippen LogP contribution in [0.3, 0.4) is 0 Å². The highest BCUT2D eigenvalue weighted by Crippen LogP contribution is 2.19. The fourth-order valence-corrected chi connectivity index (χ4v) is 1.07. The van der Waals surface area contributed by atoms with Gasteiger partial charge in [-0.05, 0) is 13.0 Å². The Morgan fingerprint density at radius 2 is 2.14 bits per heavy atom. The van der Waals surface area contributed by atoms with Crippen LogP contribution in [0.25, 0.3) is 0 Å². The molecule has 14 heavy (non-hydrogen) atoms. The average Bonchev–Trinajstić information content (AvgIpc) is 2.19. The molecular weight excluding hydrogens is 180 g/mol. The van der Waals surface area contributed by atoms with E-state index in [1.54, 1.807) is 6.08 Å². The third kappa shape index (κ3) is 2.13. The van der Waals surface area contributed by atoms with E-state index in [-0.39, 0.29) is 5.76 Å². The monoisotopic (exact) mass is 192 g/mol. The Labute approximate surface area is 82.7 Å². The molecule has 0 aromatic carbocycles. The number of hydrogen-bond donors (Lipinski definition) is 1. The van der Waals surface area contributed by atoms with Crippen LogP contribution in [-0.4, -0.2) is 18.0 Å². The van der Waals surface area contributed by atoms with Crippen molar-refractivity contribution < 1.29 is 14.6 Å². The predicted molar refractivity (Wildman–Crippen MR) is 53.7 cm³/mol. The lowest BCUT2D eigenvalue weighted by Crippen LogP contribution is -2.07. The molecule has 1 aliphatic rings. The van der Waals surface area contributed by atoms with Gasteiger partial charge < -0.3 is 9.84 Å². The third-order valence-corrected chi connectivity index (χ3v) is 1.78. The van der Waals surface area contributed by atoms with Crippen molar-refractivity contribution >= 4 is 5.78 Å².